The number of aliphatic hydroxyl groups is 1. The van der Waals surface area contributed by atoms with Crippen LogP contribution in [0.3, 0.4) is 0 Å². The number of benzene rings is 1. The Labute approximate surface area is 112 Å². The SMILES string of the molecule is CN(C)CC1CC(O)CN1c1cccc(F)c1C=O. The van der Waals surface area contributed by atoms with Crippen molar-refractivity contribution >= 4 is 12.0 Å². The second-order valence-electron chi connectivity index (χ2n) is 5.25. The third-order valence-corrected chi connectivity index (χ3v) is 3.43. The summed E-state index contributed by atoms with van der Waals surface area (Å²) in [5.41, 5.74) is 0.638. The first-order chi connectivity index (χ1) is 9.02. The van der Waals surface area contributed by atoms with Crippen LogP contribution in [0.5, 0.6) is 0 Å². The first kappa shape index (κ1) is 14.0. The predicted octanol–water partition coefficient (Wildman–Crippen LogP) is 1.14. The van der Waals surface area contributed by atoms with Gasteiger partial charge in [-0.05, 0) is 32.6 Å². The molecule has 0 aliphatic carbocycles. The summed E-state index contributed by atoms with van der Waals surface area (Å²) in [6.07, 6.45) is 0.738. The summed E-state index contributed by atoms with van der Waals surface area (Å²) in [4.78, 5) is 15.0. The van der Waals surface area contributed by atoms with Crippen molar-refractivity contribution < 1.29 is 14.3 Å². The average Bonchev–Trinajstić information content (AvgIpc) is 2.68. The van der Waals surface area contributed by atoms with Crippen molar-refractivity contribution in [1.29, 1.82) is 0 Å². The molecule has 1 fully saturated rings. The zero-order valence-electron chi connectivity index (χ0n) is 11.2. The first-order valence-corrected chi connectivity index (χ1v) is 6.36. The van der Waals surface area contributed by atoms with E-state index in [4.69, 9.17) is 0 Å². The zero-order valence-corrected chi connectivity index (χ0v) is 11.2. The summed E-state index contributed by atoms with van der Waals surface area (Å²) in [7, 11) is 3.91. The van der Waals surface area contributed by atoms with Gasteiger partial charge in [-0.15, -0.1) is 0 Å². The Morgan fingerprint density at radius 1 is 1.53 bits per heavy atom. The summed E-state index contributed by atoms with van der Waals surface area (Å²) in [6, 6.07) is 4.69. The minimum Gasteiger partial charge on any atom is -0.391 e. The number of β-amino-alcohol motifs (C(OH)–C–C–N with tert-alkyl or cyclic N) is 1. The second-order valence-corrected chi connectivity index (χ2v) is 5.25. The van der Waals surface area contributed by atoms with E-state index in [0.717, 1.165) is 6.54 Å². The third-order valence-electron chi connectivity index (χ3n) is 3.43. The van der Waals surface area contributed by atoms with Gasteiger partial charge in [0, 0.05) is 19.1 Å². The molecule has 2 atom stereocenters. The molecule has 2 rings (SSSR count). The molecule has 0 bridgehead atoms. The van der Waals surface area contributed by atoms with Crippen LogP contribution in [0.2, 0.25) is 0 Å². The smallest absolute Gasteiger partial charge is 0.155 e. The number of hydrogen-bond donors (Lipinski definition) is 1. The first-order valence-electron chi connectivity index (χ1n) is 6.36. The molecule has 2 unspecified atom stereocenters. The van der Waals surface area contributed by atoms with Crippen molar-refractivity contribution in [2.45, 2.75) is 18.6 Å². The highest BCUT2D eigenvalue weighted by Gasteiger charge is 2.32. The standard InChI is InChI=1S/C14H19FN2O2/c1-16(2)7-10-6-11(19)8-17(10)14-5-3-4-13(15)12(14)9-18/h3-5,9-11,19H,6-8H2,1-2H3. The number of carbonyl (C=O) groups is 1. The lowest BCUT2D eigenvalue weighted by Crippen LogP contribution is -2.38. The van der Waals surface area contributed by atoms with Crippen LogP contribution >= 0.6 is 0 Å². The number of likely N-dealkylation sites (N-methyl/N-ethyl adjacent to an activating group) is 1. The molecule has 19 heavy (non-hydrogen) atoms. The van der Waals surface area contributed by atoms with E-state index in [1.165, 1.54) is 6.07 Å². The maximum Gasteiger partial charge on any atom is 0.155 e. The summed E-state index contributed by atoms with van der Waals surface area (Å²) in [5, 5.41) is 9.83. The second kappa shape index (κ2) is 5.67. The van der Waals surface area contributed by atoms with E-state index in [1.54, 1.807) is 12.1 Å². The number of aldehydes is 1. The van der Waals surface area contributed by atoms with Crippen molar-refractivity contribution in [3.05, 3.63) is 29.6 Å². The van der Waals surface area contributed by atoms with E-state index >= 15 is 0 Å². The fourth-order valence-electron chi connectivity index (χ4n) is 2.67. The van der Waals surface area contributed by atoms with Crippen LogP contribution in [-0.2, 0) is 0 Å². The highest BCUT2D eigenvalue weighted by molar-refractivity contribution is 5.85. The largest absolute Gasteiger partial charge is 0.391 e. The fraction of sp³-hybridized carbons (Fsp3) is 0.500. The molecule has 1 heterocycles. The number of hydrogen-bond acceptors (Lipinski definition) is 4. The predicted molar refractivity (Wildman–Crippen MR) is 72.1 cm³/mol. The Kier molecular flexibility index (Phi) is 4.17. The van der Waals surface area contributed by atoms with E-state index in [0.29, 0.717) is 24.9 Å². The number of anilines is 1. The lowest BCUT2D eigenvalue weighted by Gasteiger charge is -2.29. The van der Waals surface area contributed by atoms with Gasteiger partial charge in [0.15, 0.2) is 6.29 Å². The average molecular weight is 266 g/mol. The molecule has 0 amide bonds. The van der Waals surface area contributed by atoms with E-state index in [-0.39, 0.29) is 11.6 Å². The minimum atomic E-state index is -0.516. The van der Waals surface area contributed by atoms with Crippen molar-refractivity contribution in [3.8, 4) is 0 Å². The lowest BCUT2D eigenvalue weighted by molar-refractivity contribution is 0.112. The van der Waals surface area contributed by atoms with Gasteiger partial charge in [-0.25, -0.2) is 4.39 Å². The van der Waals surface area contributed by atoms with Crippen LogP contribution in [0.15, 0.2) is 18.2 Å². The van der Waals surface area contributed by atoms with Crippen molar-refractivity contribution in [3.63, 3.8) is 0 Å². The molecule has 0 spiro atoms. The monoisotopic (exact) mass is 266 g/mol. The Morgan fingerprint density at radius 3 is 2.89 bits per heavy atom. The number of halogens is 1. The van der Waals surface area contributed by atoms with Crippen molar-refractivity contribution in [1.82, 2.24) is 4.90 Å². The molecule has 104 valence electrons. The Morgan fingerprint density at radius 2 is 2.26 bits per heavy atom. The molecule has 1 aliphatic rings. The van der Waals surface area contributed by atoms with Crippen molar-refractivity contribution in [2.75, 3.05) is 32.1 Å². The van der Waals surface area contributed by atoms with E-state index in [2.05, 4.69) is 0 Å². The lowest BCUT2D eigenvalue weighted by atomic mass is 10.1. The molecule has 0 radical (unpaired) electrons. The molecule has 1 aromatic rings. The highest BCUT2D eigenvalue weighted by atomic mass is 19.1. The van der Waals surface area contributed by atoms with E-state index < -0.39 is 11.9 Å². The normalized spacial score (nSPS) is 23.1. The van der Waals surface area contributed by atoms with Crippen LogP contribution in [0, 0.1) is 5.82 Å². The molecule has 4 nitrogen and oxygen atoms in total. The number of carbonyl (C=O) groups excluding carboxylic acids is 1. The summed E-state index contributed by atoms with van der Waals surface area (Å²) < 4.78 is 13.7. The molecule has 0 aromatic heterocycles. The topological polar surface area (TPSA) is 43.8 Å². The molecular formula is C14H19FN2O2. The maximum atomic E-state index is 13.7. The molecule has 1 saturated heterocycles. The Hall–Kier alpha value is -1.46. The Balaban J connectivity index is 2.33. The number of aliphatic hydroxyl groups excluding tert-OH is 1. The van der Waals surface area contributed by atoms with Crippen LogP contribution in [-0.4, -0.2) is 55.6 Å². The van der Waals surface area contributed by atoms with Gasteiger partial charge in [-0.1, -0.05) is 6.07 Å². The van der Waals surface area contributed by atoms with Gasteiger partial charge in [0.1, 0.15) is 5.82 Å². The number of rotatable bonds is 4. The van der Waals surface area contributed by atoms with E-state index in [1.807, 2.05) is 23.9 Å². The van der Waals surface area contributed by atoms with E-state index in [9.17, 15) is 14.3 Å². The van der Waals surface area contributed by atoms with Crippen LogP contribution in [0.1, 0.15) is 16.8 Å². The summed E-state index contributed by atoms with van der Waals surface area (Å²) in [5.74, 6) is -0.516. The molecule has 1 aromatic carbocycles. The zero-order chi connectivity index (χ0) is 14.0. The van der Waals surface area contributed by atoms with Gasteiger partial charge in [-0.2, -0.15) is 0 Å². The van der Waals surface area contributed by atoms with Gasteiger partial charge < -0.3 is 14.9 Å². The molecule has 1 N–H and O–H groups in total. The molecule has 1 aliphatic heterocycles. The highest BCUT2D eigenvalue weighted by Crippen LogP contribution is 2.29. The maximum absolute atomic E-state index is 13.7. The molecule has 0 saturated carbocycles. The van der Waals surface area contributed by atoms with Crippen LogP contribution in [0.4, 0.5) is 10.1 Å². The van der Waals surface area contributed by atoms with Gasteiger partial charge in [0.25, 0.3) is 0 Å². The minimum absolute atomic E-state index is 0.0698. The van der Waals surface area contributed by atoms with Crippen molar-refractivity contribution in [2.24, 2.45) is 0 Å². The van der Waals surface area contributed by atoms with Gasteiger partial charge >= 0.3 is 0 Å². The quantitative estimate of drug-likeness (QED) is 0.830. The van der Waals surface area contributed by atoms with Crippen LogP contribution in [0.25, 0.3) is 0 Å². The number of nitrogens with zero attached hydrogens (tertiary/aromatic N) is 2. The Bertz CT molecular complexity index is 465. The van der Waals surface area contributed by atoms with Gasteiger partial charge in [-0.3, -0.25) is 4.79 Å². The molecule has 5 heteroatoms. The summed E-state index contributed by atoms with van der Waals surface area (Å²) in [6.45, 7) is 1.19. The molecular weight excluding hydrogens is 247 g/mol. The third kappa shape index (κ3) is 2.93. The van der Waals surface area contributed by atoms with Gasteiger partial charge in [0.05, 0.1) is 17.4 Å². The fourth-order valence-corrected chi connectivity index (χ4v) is 2.67. The van der Waals surface area contributed by atoms with Crippen LogP contribution < -0.4 is 4.90 Å². The van der Waals surface area contributed by atoms with Gasteiger partial charge in [0.2, 0.25) is 0 Å². The summed E-state index contributed by atoms with van der Waals surface area (Å²) >= 11 is 0.